The molecule has 2 N–H and O–H groups in total. The van der Waals surface area contributed by atoms with E-state index in [0.717, 1.165) is 38.1 Å². The molecule has 112 valence electrons. The Morgan fingerprint density at radius 1 is 1.40 bits per heavy atom. The van der Waals surface area contributed by atoms with Gasteiger partial charge in [-0.3, -0.25) is 0 Å². The maximum Gasteiger partial charge on any atom is 0.433 e. The van der Waals surface area contributed by atoms with Crippen molar-refractivity contribution in [2.24, 2.45) is 5.92 Å². The maximum absolute atomic E-state index is 12.8. The average molecular weight is 287 g/mol. The largest absolute Gasteiger partial charge is 0.433 e. The van der Waals surface area contributed by atoms with E-state index in [1.165, 1.54) is 0 Å². The fraction of sp³-hybridized carbons (Fsp3) is 0.643. The van der Waals surface area contributed by atoms with Crippen LogP contribution in [0.2, 0.25) is 0 Å². The predicted octanol–water partition coefficient (Wildman–Crippen LogP) is 3.70. The van der Waals surface area contributed by atoms with Gasteiger partial charge in [0.15, 0.2) is 0 Å². The van der Waals surface area contributed by atoms with Crippen LogP contribution in [0, 0.1) is 5.92 Å². The molecule has 0 aliphatic heterocycles. The van der Waals surface area contributed by atoms with E-state index in [-0.39, 0.29) is 0 Å². The van der Waals surface area contributed by atoms with Crippen LogP contribution in [0.5, 0.6) is 0 Å². The minimum atomic E-state index is -4.43. The lowest BCUT2D eigenvalue weighted by Gasteiger charge is -2.27. The third-order valence-corrected chi connectivity index (χ3v) is 3.45. The molecule has 0 unspecified atom stereocenters. The number of nitrogens with two attached hydrogens (primary N) is 1. The number of alkyl halides is 3. The third kappa shape index (κ3) is 3.55. The number of hydrogen-bond donors (Lipinski definition) is 1. The summed E-state index contributed by atoms with van der Waals surface area (Å²) in [6.45, 7) is 4.93. The second-order valence-corrected chi connectivity index (χ2v) is 5.73. The van der Waals surface area contributed by atoms with Crippen molar-refractivity contribution in [2.75, 3.05) is 17.2 Å². The van der Waals surface area contributed by atoms with Gasteiger partial charge in [-0.05, 0) is 31.2 Å². The van der Waals surface area contributed by atoms with Gasteiger partial charge in [0.2, 0.25) is 0 Å². The predicted molar refractivity (Wildman–Crippen MR) is 73.5 cm³/mol. The Morgan fingerprint density at radius 3 is 2.55 bits per heavy atom. The lowest BCUT2D eigenvalue weighted by atomic mass is 10.1. The summed E-state index contributed by atoms with van der Waals surface area (Å²) in [5, 5.41) is 0. The smallest absolute Gasteiger partial charge is 0.396 e. The number of anilines is 2. The van der Waals surface area contributed by atoms with Crippen LogP contribution < -0.4 is 10.6 Å². The number of pyridine rings is 1. The number of nitrogen functional groups attached to an aromatic ring is 1. The van der Waals surface area contributed by atoms with Crippen LogP contribution >= 0.6 is 0 Å². The molecule has 0 spiro atoms. The second-order valence-electron chi connectivity index (χ2n) is 5.73. The van der Waals surface area contributed by atoms with E-state index in [1.807, 2.05) is 4.90 Å². The van der Waals surface area contributed by atoms with Crippen LogP contribution in [-0.2, 0) is 6.18 Å². The number of nitrogens with zero attached hydrogens (tertiary/aromatic N) is 2. The van der Waals surface area contributed by atoms with Crippen molar-refractivity contribution in [2.45, 2.75) is 45.3 Å². The Labute approximate surface area is 117 Å². The third-order valence-electron chi connectivity index (χ3n) is 3.45. The molecule has 6 heteroatoms. The molecule has 1 aromatic rings. The topological polar surface area (TPSA) is 42.2 Å². The SMILES string of the molecule is CC(C)CCN(c1cc(C(F)(F)F)ncc1N)C1CC1. The lowest BCUT2D eigenvalue weighted by Crippen LogP contribution is -2.29. The molecule has 1 fully saturated rings. The highest BCUT2D eigenvalue weighted by molar-refractivity contribution is 5.68. The van der Waals surface area contributed by atoms with E-state index in [1.54, 1.807) is 0 Å². The van der Waals surface area contributed by atoms with Gasteiger partial charge in [-0.1, -0.05) is 13.8 Å². The van der Waals surface area contributed by atoms with Gasteiger partial charge in [-0.25, -0.2) is 4.98 Å². The number of aromatic nitrogens is 1. The molecule has 1 aliphatic rings. The van der Waals surface area contributed by atoms with Crippen molar-refractivity contribution >= 4 is 11.4 Å². The molecular formula is C14H20F3N3. The Hall–Kier alpha value is -1.46. The van der Waals surface area contributed by atoms with E-state index >= 15 is 0 Å². The van der Waals surface area contributed by atoms with E-state index in [2.05, 4.69) is 18.8 Å². The van der Waals surface area contributed by atoms with E-state index in [9.17, 15) is 13.2 Å². The minimum Gasteiger partial charge on any atom is -0.396 e. The monoisotopic (exact) mass is 287 g/mol. The van der Waals surface area contributed by atoms with Gasteiger partial charge in [-0.15, -0.1) is 0 Å². The van der Waals surface area contributed by atoms with Crippen molar-refractivity contribution in [3.8, 4) is 0 Å². The summed E-state index contributed by atoms with van der Waals surface area (Å²) >= 11 is 0. The fourth-order valence-electron chi connectivity index (χ4n) is 2.14. The molecule has 2 rings (SSSR count). The maximum atomic E-state index is 12.8. The summed E-state index contributed by atoms with van der Waals surface area (Å²) in [6.07, 6.45) is -0.360. The van der Waals surface area contributed by atoms with Crippen LogP contribution in [-0.4, -0.2) is 17.6 Å². The molecule has 1 aromatic heterocycles. The molecule has 20 heavy (non-hydrogen) atoms. The van der Waals surface area contributed by atoms with Gasteiger partial charge in [0.25, 0.3) is 0 Å². The Bertz CT molecular complexity index is 467. The highest BCUT2D eigenvalue weighted by atomic mass is 19.4. The molecule has 0 amide bonds. The molecule has 0 radical (unpaired) electrons. The van der Waals surface area contributed by atoms with Crippen LogP contribution in [0.1, 0.15) is 38.8 Å². The summed E-state index contributed by atoms with van der Waals surface area (Å²) in [5.41, 5.74) is 5.74. The molecule has 0 saturated heterocycles. The first-order valence-electron chi connectivity index (χ1n) is 6.88. The van der Waals surface area contributed by atoms with Gasteiger partial charge in [0.1, 0.15) is 5.69 Å². The molecule has 1 heterocycles. The standard InChI is InChI=1S/C14H20F3N3/c1-9(2)5-6-20(10-3-4-10)12-7-13(14(15,16)17)19-8-11(12)18/h7-10H,3-6,18H2,1-2H3. The molecule has 1 saturated carbocycles. The first-order chi connectivity index (χ1) is 9.29. The summed E-state index contributed by atoms with van der Waals surface area (Å²) < 4.78 is 38.3. The van der Waals surface area contributed by atoms with Crippen molar-refractivity contribution < 1.29 is 13.2 Å². The molecule has 1 aliphatic carbocycles. The number of halogens is 3. The minimum absolute atomic E-state index is 0.314. The zero-order chi connectivity index (χ0) is 14.9. The summed E-state index contributed by atoms with van der Waals surface area (Å²) in [5.74, 6) is 0.501. The fourth-order valence-corrected chi connectivity index (χ4v) is 2.14. The summed E-state index contributed by atoms with van der Waals surface area (Å²) in [7, 11) is 0. The first kappa shape index (κ1) is 14.9. The zero-order valence-electron chi connectivity index (χ0n) is 11.7. The molecule has 3 nitrogen and oxygen atoms in total. The normalized spacial score (nSPS) is 15.7. The molecular weight excluding hydrogens is 267 g/mol. The van der Waals surface area contributed by atoms with Crippen LogP contribution in [0.4, 0.5) is 24.5 Å². The van der Waals surface area contributed by atoms with Crippen molar-refractivity contribution in [3.63, 3.8) is 0 Å². The van der Waals surface area contributed by atoms with Gasteiger partial charge in [0.05, 0.1) is 17.6 Å². The van der Waals surface area contributed by atoms with Gasteiger partial charge >= 0.3 is 6.18 Å². The van der Waals surface area contributed by atoms with Gasteiger partial charge in [0, 0.05) is 12.6 Å². The number of hydrogen-bond acceptors (Lipinski definition) is 3. The lowest BCUT2D eigenvalue weighted by molar-refractivity contribution is -0.141. The summed E-state index contributed by atoms with van der Waals surface area (Å²) in [6, 6.07) is 1.40. The zero-order valence-corrected chi connectivity index (χ0v) is 11.7. The highest BCUT2D eigenvalue weighted by Crippen LogP contribution is 2.38. The quantitative estimate of drug-likeness (QED) is 0.898. The summed E-state index contributed by atoms with van der Waals surface area (Å²) in [4.78, 5) is 5.40. The molecule has 0 atom stereocenters. The first-order valence-corrected chi connectivity index (χ1v) is 6.88. The van der Waals surface area contributed by atoms with E-state index in [4.69, 9.17) is 5.73 Å². The Balaban J connectivity index is 2.27. The second kappa shape index (κ2) is 5.50. The van der Waals surface area contributed by atoms with Crippen molar-refractivity contribution in [1.29, 1.82) is 0 Å². The van der Waals surface area contributed by atoms with E-state index in [0.29, 0.717) is 23.3 Å². The van der Waals surface area contributed by atoms with Crippen molar-refractivity contribution in [1.82, 2.24) is 4.98 Å². The van der Waals surface area contributed by atoms with Crippen LogP contribution in [0.25, 0.3) is 0 Å². The van der Waals surface area contributed by atoms with Gasteiger partial charge in [-0.2, -0.15) is 13.2 Å². The van der Waals surface area contributed by atoms with Crippen molar-refractivity contribution in [3.05, 3.63) is 18.0 Å². The highest BCUT2D eigenvalue weighted by Gasteiger charge is 2.35. The number of rotatable bonds is 5. The van der Waals surface area contributed by atoms with E-state index < -0.39 is 11.9 Å². The molecule has 0 aromatic carbocycles. The molecule has 0 bridgehead atoms. The average Bonchev–Trinajstić information content (AvgIpc) is 3.14. The van der Waals surface area contributed by atoms with Gasteiger partial charge < -0.3 is 10.6 Å². The van der Waals surface area contributed by atoms with Crippen LogP contribution in [0.3, 0.4) is 0 Å². The van der Waals surface area contributed by atoms with Crippen LogP contribution in [0.15, 0.2) is 12.3 Å². The Morgan fingerprint density at radius 2 is 2.05 bits per heavy atom. The Kier molecular flexibility index (Phi) is 4.11.